The van der Waals surface area contributed by atoms with Gasteiger partial charge in [0, 0.05) is 22.1 Å². The topological polar surface area (TPSA) is 58.6 Å². The van der Waals surface area contributed by atoms with Crippen LogP contribution in [0.2, 0.25) is 5.02 Å². The largest absolute Gasteiger partial charge is 0.484 e. The summed E-state index contributed by atoms with van der Waals surface area (Å²) < 4.78 is 6.89. The summed E-state index contributed by atoms with van der Waals surface area (Å²) in [5, 5.41) is 3.72. The monoisotopic (exact) mass is 534 g/mol. The first-order valence-electron chi connectivity index (χ1n) is 11.5. The second-order valence-corrected chi connectivity index (χ2v) is 9.89. The van der Waals surface area contributed by atoms with E-state index in [0.717, 1.165) is 46.8 Å². The Morgan fingerprint density at radius 1 is 1.18 bits per heavy atom. The van der Waals surface area contributed by atoms with Crippen molar-refractivity contribution in [3.63, 3.8) is 0 Å². The van der Waals surface area contributed by atoms with E-state index in [1.807, 2.05) is 51.1 Å². The smallest absolute Gasteiger partial charge is 0.261 e. The molecule has 0 saturated heterocycles. The Morgan fingerprint density at radius 3 is 2.42 bits per heavy atom. The van der Waals surface area contributed by atoms with E-state index >= 15 is 0 Å². The molecule has 0 bridgehead atoms. The Morgan fingerprint density at radius 2 is 1.82 bits per heavy atom. The third-order valence-corrected chi connectivity index (χ3v) is 7.78. The van der Waals surface area contributed by atoms with E-state index in [-0.39, 0.29) is 31.0 Å². The number of aryl methyl sites for hydroxylation is 2. The molecule has 1 aliphatic rings. The van der Waals surface area contributed by atoms with E-state index in [1.54, 1.807) is 11.0 Å². The number of carbonyl (C=O) groups is 2. The molecule has 2 aromatic rings. The molecule has 1 aliphatic carbocycles. The zero-order valence-corrected chi connectivity index (χ0v) is 21.8. The van der Waals surface area contributed by atoms with Gasteiger partial charge < -0.3 is 15.0 Å². The minimum Gasteiger partial charge on any atom is -0.484 e. The van der Waals surface area contributed by atoms with Crippen molar-refractivity contribution in [3.05, 3.63) is 62.6 Å². The molecular weight excluding hydrogens is 504 g/mol. The molecule has 1 unspecified atom stereocenters. The fraction of sp³-hybridized carbons (Fsp3) is 0.462. The Kier molecular flexibility index (Phi) is 9.21. The highest BCUT2D eigenvalue weighted by Crippen LogP contribution is 2.27. The highest BCUT2D eigenvalue weighted by molar-refractivity contribution is 9.10. The van der Waals surface area contributed by atoms with Gasteiger partial charge in [0.05, 0.1) is 0 Å². The Hall–Kier alpha value is -2.05. The molecule has 33 heavy (non-hydrogen) atoms. The first kappa shape index (κ1) is 25.6. The highest BCUT2D eigenvalue weighted by Gasteiger charge is 2.31. The second-order valence-electron chi connectivity index (χ2n) is 8.69. The quantitative estimate of drug-likeness (QED) is 0.431. The number of nitrogens with one attached hydrogen (secondary N) is 1. The molecule has 0 aliphatic heterocycles. The molecule has 178 valence electrons. The lowest BCUT2D eigenvalue weighted by molar-refractivity contribution is -0.143. The van der Waals surface area contributed by atoms with Gasteiger partial charge in [-0.3, -0.25) is 9.59 Å². The second kappa shape index (κ2) is 11.9. The van der Waals surface area contributed by atoms with Gasteiger partial charge in [-0.05, 0) is 68.0 Å². The number of carbonyl (C=O) groups excluding carboxylic acids is 2. The van der Waals surface area contributed by atoms with Crippen molar-refractivity contribution in [3.8, 4) is 5.75 Å². The lowest BCUT2D eigenvalue weighted by Gasteiger charge is -2.31. The van der Waals surface area contributed by atoms with Gasteiger partial charge in [0.25, 0.3) is 5.91 Å². The summed E-state index contributed by atoms with van der Waals surface area (Å²) >= 11 is 9.94. The first-order chi connectivity index (χ1) is 15.8. The van der Waals surface area contributed by atoms with Crippen LogP contribution in [0.4, 0.5) is 0 Å². The molecule has 1 saturated carbocycles. The van der Waals surface area contributed by atoms with E-state index in [4.69, 9.17) is 16.3 Å². The third kappa shape index (κ3) is 6.73. The normalized spacial score (nSPS) is 14.7. The fourth-order valence-corrected chi connectivity index (χ4v) is 4.74. The number of hydrogen-bond donors (Lipinski definition) is 1. The van der Waals surface area contributed by atoms with Gasteiger partial charge in [0.15, 0.2) is 6.61 Å². The number of ether oxygens (including phenoxy) is 1. The third-order valence-electron chi connectivity index (χ3n) is 6.16. The molecule has 0 radical (unpaired) electrons. The number of halogens is 2. The van der Waals surface area contributed by atoms with Crippen LogP contribution in [0, 0.1) is 13.8 Å². The minimum atomic E-state index is -0.591. The van der Waals surface area contributed by atoms with Crippen molar-refractivity contribution in [2.24, 2.45) is 0 Å². The lowest BCUT2D eigenvalue weighted by atomic mass is 10.1. The van der Waals surface area contributed by atoms with E-state index in [9.17, 15) is 9.59 Å². The van der Waals surface area contributed by atoms with Gasteiger partial charge in [-0.1, -0.05) is 65.5 Å². The molecule has 3 rings (SSSR count). The summed E-state index contributed by atoms with van der Waals surface area (Å²) in [7, 11) is 0. The minimum absolute atomic E-state index is 0.111. The zero-order valence-electron chi connectivity index (χ0n) is 19.5. The Bertz CT molecular complexity index is 968. The maximum Gasteiger partial charge on any atom is 0.261 e. The molecule has 1 N–H and O–H groups in total. The number of benzene rings is 2. The van der Waals surface area contributed by atoms with Crippen LogP contribution in [-0.2, 0) is 16.1 Å². The van der Waals surface area contributed by atoms with Gasteiger partial charge in [-0.15, -0.1) is 0 Å². The lowest BCUT2D eigenvalue weighted by Crippen LogP contribution is -2.52. The molecular formula is C26H32BrClN2O3. The maximum absolute atomic E-state index is 13.4. The van der Waals surface area contributed by atoms with E-state index in [1.165, 1.54) is 0 Å². The molecule has 0 aromatic heterocycles. The van der Waals surface area contributed by atoms with Crippen LogP contribution in [-0.4, -0.2) is 35.4 Å². The predicted molar refractivity (Wildman–Crippen MR) is 136 cm³/mol. The van der Waals surface area contributed by atoms with Crippen molar-refractivity contribution < 1.29 is 14.3 Å². The van der Waals surface area contributed by atoms with Gasteiger partial charge in [-0.25, -0.2) is 0 Å². The summed E-state index contributed by atoms with van der Waals surface area (Å²) in [6.45, 7) is 5.98. The molecule has 0 heterocycles. The van der Waals surface area contributed by atoms with E-state index in [0.29, 0.717) is 17.2 Å². The van der Waals surface area contributed by atoms with Crippen LogP contribution in [0.3, 0.4) is 0 Å². The van der Waals surface area contributed by atoms with Crippen molar-refractivity contribution in [1.82, 2.24) is 10.2 Å². The summed E-state index contributed by atoms with van der Waals surface area (Å²) in [5.41, 5.74) is 2.87. The molecule has 5 nitrogen and oxygen atoms in total. The van der Waals surface area contributed by atoms with Crippen molar-refractivity contribution >= 4 is 39.3 Å². The number of nitrogens with zero attached hydrogens (tertiary/aromatic N) is 1. The van der Waals surface area contributed by atoms with Gasteiger partial charge in [0.1, 0.15) is 11.8 Å². The molecule has 2 aromatic carbocycles. The first-order valence-corrected chi connectivity index (χ1v) is 12.7. The van der Waals surface area contributed by atoms with Crippen LogP contribution < -0.4 is 10.1 Å². The van der Waals surface area contributed by atoms with E-state index < -0.39 is 6.04 Å². The van der Waals surface area contributed by atoms with Crippen LogP contribution >= 0.6 is 27.5 Å². The summed E-state index contributed by atoms with van der Waals surface area (Å²) in [5.74, 6) is 0.268. The molecule has 7 heteroatoms. The standard InChI is InChI=1S/C26H32BrClN2O3/c1-4-23(26(32)29-20-10-6-7-11-20)30(15-19-9-5-8-12-22(19)28)24(31)16-33-21-13-17(2)25(27)18(3)14-21/h5,8-9,12-14,20,23H,4,6-7,10-11,15-16H2,1-3H3,(H,29,32). The Balaban J connectivity index is 1.79. The maximum atomic E-state index is 13.4. The predicted octanol–water partition coefficient (Wildman–Crippen LogP) is 5.96. The Labute approximate surface area is 210 Å². The molecule has 1 atom stereocenters. The summed E-state index contributed by atoms with van der Waals surface area (Å²) in [6.07, 6.45) is 4.75. The fourth-order valence-electron chi connectivity index (χ4n) is 4.31. The number of amides is 2. The van der Waals surface area contributed by atoms with Crippen LogP contribution in [0.25, 0.3) is 0 Å². The molecule has 2 amide bonds. The van der Waals surface area contributed by atoms with Crippen LogP contribution in [0.15, 0.2) is 40.9 Å². The zero-order chi connectivity index (χ0) is 24.0. The summed E-state index contributed by atoms with van der Waals surface area (Å²) in [4.78, 5) is 28.1. The average molecular weight is 536 g/mol. The summed E-state index contributed by atoms with van der Waals surface area (Å²) in [6, 6.07) is 10.8. The number of rotatable bonds is 9. The van der Waals surface area contributed by atoms with E-state index in [2.05, 4.69) is 21.2 Å². The SMILES string of the molecule is CCC(C(=O)NC1CCCC1)N(Cc1ccccc1Cl)C(=O)COc1cc(C)c(Br)c(C)c1. The molecule has 1 fully saturated rings. The van der Waals surface area contributed by atoms with Gasteiger partial charge >= 0.3 is 0 Å². The van der Waals surface area contributed by atoms with Crippen molar-refractivity contribution in [2.45, 2.75) is 71.5 Å². The van der Waals surface area contributed by atoms with Crippen LogP contribution in [0.5, 0.6) is 5.75 Å². The number of hydrogen-bond acceptors (Lipinski definition) is 3. The van der Waals surface area contributed by atoms with Gasteiger partial charge in [0.2, 0.25) is 5.91 Å². The highest BCUT2D eigenvalue weighted by atomic mass is 79.9. The van der Waals surface area contributed by atoms with Crippen LogP contribution in [0.1, 0.15) is 55.7 Å². The van der Waals surface area contributed by atoms with Crippen molar-refractivity contribution in [2.75, 3.05) is 6.61 Å². The average Bonchev–Trinajstić information content (AvgIpc) is 3.29. The van der Waals surface area contributed by atoms with Crippen molar-refractivity contribution in [1.29, 1.82) is 0 Å². The molecule has 0 spiro atoms. The van der Waals surface area contributed by atoms with Gasteiger partial charge in [-0.2, -0.15) is 0 Å².